The number of nitrogens with one attached hydrogen (secondary N) is 1. The summed E-state index contributed by atoms with van der Waals surface area (Å²) in [5, 5.41) is 7.80. The largest absolute Gasteiger partial charge is 0.284 e. The number of nitrogens with zero attached hydrogens (tertiary/aromatic N) is 2. The summed E-state index contributed by atoms with van der Waals surface area (Å²) in [4.78, 5) is 13.6. The molecule has 6 nitrogen and oxygen atoms in total. The molecular weight excluding hydrogens is 473 g/mol. The molecule has 0 saturated carbocycles. The summed E-state index contributed by atoms with van der Waals surface area (Å²) < 4.78 is 40.8. The first-order chi connectivity index (χ1) is 15.3. The molecule has 1 amide bonds. The van der Waals surface area contributed by atoms with Crippen LogP contribution in [0.4, 0.5) is 10.1 Å². The van der Waals surface area contributed by atoms with Gasteiger partial charge in [0, 0.05) is 22.7 Å². The van der Waals surface area contributed by atoms with Crippen LogP contribution in [-0.2, 0) is 10.0 Å². The summed E-state index contributed by atoms with van der Waals surface area (Å²) in [5.41, 5.74) is 1.91. The molecule has 4 rings (SSSR count). The Kier molecular flexibility index (Phi) is 6.32. The van der Waals surface area contributed by atoms with E-state index >= 15 is 0 Å². The number of rotatable bonds is 6. The maximum atomic E-state index is 14.7. The SMILES string of the molecule is CCS(=O)(=O)Nc1ccc(C2=NN(C(=O)c3cccs3)[C@@H](c3c(F)cccc3Cl)C2)cc1. The highest BCUT2D eigenvalue weighted by Crippen LogP contribution is 2.39. The van der Waals surface area contributed by atoms with Crippen molar-refractivity contribution in [2.45, 2.75) is 19.4 Å². The highest BCUT2D eigenvalue weighted by Gasteiger charge is 2.36. The van der Waals surface area contributed by atoms with Crippen molar-refractivity contribution in [2.24, 2.45) is 5.10 Å². The number of amides is 1. The van der Waals surface area contributed by atoms with E-state index in [-0.39, 0.29) is 28.7 Å². The second-order valence-electron chi connectivity index (χ2n) is 7.11. The van der Waals surface area contributed by atoms with E-state index in [1.807, 2.05) is 0 Å². The van der Waals surface area contributed by atoms with Crippen LogP contribution >= 0.6 is 22.9 Å². The van der Waals surface area contributed by atoms with E-state index < -0.39 is 21.9 Å². The van der Waals surface area contributed by atoms with Crippen molar-refractivity contribution < 1.29 is 17.6 Å². The molecule has 0 unspecified atom stereocenters. The molecule has 1 aromatic heterocycles. The quantitative estimate of drug-likeness (QED) is 0.508. The molecule has 10 heteroatoms. The summed E-state index contributed by atoms with van der Waals surface area (Å²) in [7, 11) is -3.39. The van der Waals surface area contributed by atoms with Gasteiger partial charge >= 0.3 is 0 Å². The number of thiophene rings is 1. The normalized spacial score (nSPS) is 16.2. The minimum Gasteiger partial charge on any atom is -0.284 e. The average molecular weight is 492 g/mol. The predicted octanol–water partition coefficient (Wildman–Crippen LogP) is 5.29. The summed E-state index contributed by atoms with van der Waals surface area (Å²) in [6.45, 7) is 1.55. The van der Waals surface area contributed by atoms with E-state index in [0.29, 0.717) is 21.8 Å². The Morgan fingerprint density at radius 2 is 1.97 bits per heavy atom. The first-order valence-corrected chi connectivity index (χ1v) is 12.7. The van der Waals surface area contributed by atoms with Crippen LogP contribution in [0.3, 0.4) is 0 Å². The van der Waals surface area contributed by atoms with E-state index in [0.717, 1.165) is 0 Å². The Bertz CT molecular complexity index is 1260. The van der Waals surface area contributed by atoms with Crippen LogP contribution in [0.15, 0.2) is 65.1 Å². The lowest BCUT2D eigenvalue weighted by Gasteiger charge is -2.22. The van der Waals surface area contributed by atoms with Gasteiger partial charge in [0.2, 0.25) is 10.0 Å². The van der Waals surface area contributed by atoms with Gasteiger partial charge in [0.1, 0.15) is 5.82 Å². The third-order valence-corrected chi connectivity index (χ3v) is 7.55. The fourth-order valence-electron chi connectivity index (χ4n) is 3.42. The summed E-state index contributed by atoms with van der Waals surface area (Å²) in [6, 6.07) is 13.8. The fourth-order valence-corrected chi connectivity index (χ4v) is 5.01. The molecule has 0 bridgehead atoms. The van der Waals surface area contributed by atoms with Crippen molar-refractivity contribution in [3.05, 3.63) is 86.8 Å². The molecular formula is C22H19ClFN3O3S2. The Morgan fingerprint density at radius 3 is 2.59 bits per heavy atom. The number of carbonyl (C=O) groups excluding carboxylic acids is 1. The van der Waals surface area contributed by atoms with E-state index in [4.69, 9.17) is 11.6 Å². The molecule has 1 aliphatic rings. The van der Waals surface area contributed by atoms with Gasteiger partial charge in [-0.2, -0.15) is 5.10 Å². The first kappa shape index (κ1) is 22.4. The van der Waals surface area contributed by atoms with Gasteiger partial charge in [-0.05, 0) is 48.2 Å². The number of carbonyl (C=O) groups is 1. The van der Waals surface area contributed by atoms with E-state index in [1.54, 1.807) is 54.8 Å². The minimum absolute atomic E-state index is 0.0354. The molecule has 2 heterocycles. The van der Waals surface area contributed by atoms with Gasteiger partial charge in [-0.25, -0.2) is 17.8 Å². The molecule has 0 fully saturated rings. The topological polar surface area (TPSA) is 78.8 Å². The van der Waals surface area contributed by atoms with Crippen LogP contribution in [0.25, 0.3) is 0 Å². The Balaban J connectivity index is 1.69. The van der Waals surface area contributed by atoms with Gasteiger partial charge in [0.15, 0.2) is 0 Å². The van der Waals surface area contributed by atoms with Gasteiger partial charge in [-0.3, -0.25) is 9.52 Å². The molecule has 1 N–H and O–H groups in total. The highest BCUT2D eigenvalue weighted by atomic mass is 35.5. The van der Waals surface area contributed by atoms with Crippen LogP contribution in [-0.4, -0.2) is 30.8 Å². The van der Waals surface area contributed by atoms with Crippen molar-refractivity contribution in [1.29, 1.82) is 0 Å². The second-order valence-corrected chi connectivity index (χ2v) is 10.5. The van der Waals surface area contributed by atoms with Crippen LogP contribution in [0.1, 0.15) is 40.2 Å². The van der Waals surface area contributed by atoms with Crippen LogP contribution in [0, 0.1) is 5.82 Å². The molecule has 166 valence electrons. The van der Waals surface area contributed by atoms with Crippen LogP contribution in [0.2, 0.25) is 5.02 Å². The lowest BCUT2D eigenvalue weighted by molar-refractivity contribution is 0.0714. The standard InChI is InChI=1S/C22H19ClFN3O3S2/c1-2-32(29,30)26-15-10-8-14(9-11-15)18-13-19(21-16(23)5-3-6-17(21)24)27(25-18)22(28)20-7-4-12-31-20/h3-12,19,26H,2,13H2,1H3/t19-/m1/s1. The molecule has 0 spiro atoms. The number of hydrogen-bond acceptors (Lipinski definition) is 5. The van der Waals surface area contributed by atoms with Gasteiger partial charge < -0.3 is 0 Å². The van der Waals surface area contributed by atoms with E-state index in [2.05, 4.69) is 9.82 Å². The summed E-state index contributed by atoms with van der Waals surface area (Å²) >= 11 is 7.58. The first-order valence-electron chi connectivity index (χ1n) is 9.78. The van der Waals surface area contributed by atoms with Crippen molar-refractivity contribution >= 4 is 50.3 Å². The smallest absolute Gasteiger partial charge is 0.284 e. The van der Waals surface area contributed by atoms with Gasteiger partial charge in [0.05, 0.1) is 22.4 Å². The maximum absolute atomic E-state index is 14.7. The fraction of sp³-hybridized carbons (Fsp3) is 0.182. The number of anilines is 1. The number of sulfonamides is 1. The summed E-state index contributed by atoms with van der Waals surface area (Å²) in [6.07, 6.45) is 0.262. The average Bonchev–Trinajstić information content (AvgIpc) is 3.44. The molecule has 2 aromatic carbocycles. The zero-order valence-corrected chi connectivity index (χ0v) is 19.3. The molecule has 0 saturated heterocycles. The van der Waals surface area contributed by atoms with Crippen molar-refractivity contribution in [3.63, 3.8) is 0 Å². The van der Waals surface area contributed by atoms with Gasteiger partial charge in [-0.15, -0.1) is 11.3 Å². The lowest BCUT2D eigenvalue weighted by Crippen LogP contribution is -2.27. The third-order valence-electron chi connectivity index (χ3n) is 5.05. The minimum atomic E-state index is -3.39. The zero-order chi connectivity index (χ0) is 22.9. The van der Waals surface area contributed by atoms with E-state index in [9.17, 15) is 17.6 Å². The number of halogens is 2. The molecule has 3 aromatic rings. The zero-order valence-electron chi connectivity index (χ0n) is 17.0. The van der Waals surface area contributed by atoms with Crippen molar-refractivity contribution in [1.82, 2.24) is 5.01 Å². The molecule has 0 radical (unpaired) electrons. The summed E-state index contributed by atoms with van der Waals surface area (Å²) in [5.74, 6) is -0.884. The Labute approximate surface area is 194 Å². The monoisotopic (exact) mass is 491 g/mol. The van der Waals surface area contributed by atoms with Crippen LogP contribution in [0.5, 0.6) is 0 Å². The lowest BCUT2D eigenvalue weighted by atomic mass is 9.97. The maximum Gasteiger partial charge on any atom is 0.284 e. The highest BCUT2D eigenvalue weighted by molar-refractivity contribution is 7.92. The van der Waals surface area contributed by atoms with Crippen molar-refractivity contribution in [3.8, 4) is 0 Å². The number of hydrazone groups is 1. The number of hydrogen-bond donors (Lipinski definition) is 1. The Morgan fingerprint density at radius 1 is 1.22 bits per heavy atom. The van der Waals surface area contributed by atoms with Gasteiger partial charge in [0.25, 0.3) is 5.91 Å². The second kappa shape index (κ2) is 9.01. The van der Waals surface area contributed by atoms with Gasteiger partial charge in [-0.1, -0.05) is 35.9 Å². The molecule has 1 aliphatic heterocycles. The number of benzene rings is 2. The predicted molar refractivity (Wildman–Crippen MR) is 125 cm³/mol. The Hall–Kier alpha value is -2.75. The molecule has 0 aliphatic carbocycles. The van der Waals surface area contributed by atoms with E-state index in [1.165, 1.54) is 28.5 Å². The molecule has 32 heavy (non-hydrogen) atoms. The third kappa shape index (κ3) is 4.55. The molecule has 1 atom stereocenters. The van der Waals surface area contributed by atoms with Crippen molar-refractivity contribution in [2.75, 3.05) is 10.5 Å². The van der Waals surface area contributed by atoms with Crippen LogP contribution < -0.4 is 4.72 Å².